The van der Waals surface area contributed by atoms with Crippen molar-refractivity contribution in [1.82, 2.24) is 4.90 Å². The van der Waals surface area contributed by atoms with E-state index in [2.05, 4.69) is 11.8 Å². The summed E-state index contributed by atoms with van der Waals surface area (Å²) in [7, 11) is 0. The summed E-state index contributed by atoms with van der Waals surface area (Å²) >= 11 is 0. The zero-order chi connectivity index (χ0) is 12.1. The summed E-state index contributed by atoms with van der Waals surface area (Å²) in [6.07, 6.45) is 3.55. The molecule has 1 N–H and O–H groups in total. The van der Waals surface area contributed by atoms with Gasteiger partial charge in [-0.25, -0.2) is 0 Å². The van der Waals surface area contributed by atoms with Crippen LogP contribution in [-0.4, -0.2) is 29.6 Å². The van der Waals surface area contributed by atoms with Crippen molar-refractivity contribution in [3.8, 4) is 0 Å². The highest BCUT2D eigenvalue weighted by molar-refractivity contribution is 5.17. The van der Waals surface area contributed by atoms with E-state index in [1.807, 2.05) is 30.3 Å². The molecular formula is C15H23NO. The van der Waals surface area contributed by atoms with Gasteiger partial charge < -0.3 is 10.0 Å². The second kappa shape index (κ2) is 6.18. The Balaban J connectivity index is 1.88. The Labute approximate surface area is 104 Å². The normalized spacial score (nSPS) is 23.5. The van der Waals surface area contributed by atoms with Crippen LogP contribution in [-0.2, 0) is 0 Å². The van der Waals surface area contributed by atoms with E-state index in [9.17, 15) is 5.11 Å². The van der Waals surface area contributed by atoms with Crippen LogP contribution in [0.5, 0.6) is 0 Å². The Hall–Kier alpha value is -0.860. The monoisotopic (exact) mass is 233 g/mol. The van der Waals surface area contributed by atoms with Gasteiger partial charge in [0.05, 0.1) is 6.10 Å². The highest BCUT2D eigenvalue weighted by atomic mass is 16.3. The Bertz CT molecular complexity index is 325. The van der Waals surface area contributed by atoms with Gasteiger partial charge in [-0.05, 0) is 30.9 Å². The molecule has 0 aliphatic carbocycles. The molecule has 0 bridgehead atoms. The third-order valence-electron chi connectivity index (χ3n) is 3.80. The van der Waals surface area contributed by atoms with Crippen molar-refractivity contribution in [3.05, 3.63) is 35.9 Å². The molecule has 1 fully saturated rings. The first-order chi connectivity index (χ1) is 8.29. The largest absolute Gasteiger partial charge is 0.387 e. The number of piperidine rings is 1. The minimum Gasteiger partial charge on any atom is -0.387 e. The van der Waals surface area contributed by atoms with E-state index in [1.165, 1.54) is 19.3 Å². The van der Waals surface area contributed by atoms with Crippen molar-refractivity contribution < 1.29 is 5.11 Å². The molecule has 0 amide bonds. The van der Waals surface area contributed by atoms with Gasteiger partial charge in [0.2, 0.25) is 0 Å². The molecule has 1 heterocycles. The molecule has 1 aliphatic rings. The Morgan fingerprint density at radius 2 is 2.12 bits per heavy atom. The van der Waals surface area contributed by atoms with Gasteiger partial charge in [-0.2, -0.15) is 0 Å². The first kappa shape index (κ1) is 12.6. The van der Waals surface area contributed by atoms with Crippen LogP contribution in [0.3, 0.4) is 0 Å². The maximum atomic E-state index is 10.2. The SMILES string of the molecule is CCC1CCCN(CC(O)c2ccccc2)C1. The van der Waals surface area contributed by atoms with Crippen LogP contribution >= 0.6 is 0 Å². The molecule has 0 radical (unpaired) electrons. The number of hydrogen-bond donors (Lipinski definition) is 1. The predicted molar refractivity (Wildman–Crippen MR) is 70.9 cm³/mol. The molecule has 2 atom stereocenters. The minimum atomic E-state index is -0.341. The van der Waals surface area contributed by atoms with Crippen LogP contribution in [0.25, 0.3) is 0 Å². The van der Waals surface area contributed by atoms with Gasteiger partial charge in [-0.1, -0.05) is 43.7 Å². The fraction of sp³-hybridized carbons (Fsp3) is 0.600. The first-order valence-electron chi connectivity index (χ1n) is 6.75. The number of β-amino-alcohol motifs (C(OH)–C–C–N with tert-alkyl or cyclic N) is 1. The average molecular weight is 233 g/mol. The zero-order valence-electron chi connectivity index (χ0n) is 10.7. The highest BCUT2D eigenvalue weighted by Gasteiger charge is 2.20. The van der Waals surface area contributed by atoms with Crippen LogP contribution in [0.4, 0.5) is 0 Å². The quantitative estimate of drug-likeness (QED) is 0.864. The molecule has 1 aromatic carbocycles. The van der Waals surface area contributed by atoms with E-state index in [4.69, 9.17) is 0 Å². The number of hydrogen-bond acceptors (Lipinski definition) is 2. The fourth-order valence-corrected chi connectivity index (χ4v) is 2.68. The molecular weight excluding hydrogens is 210 g/mol. The summed E-state index contributed by atoms with van der Waals surface area (Å²) in [5.41, 5.74) is 1.03. The third kappa shape index (κ3) is 3.55. The van der Waals surface area contributed by atoms with Gasteiger partial charge in [-0.15, -0.1) is 0 Å². The van der Waals surface area contributed by atoms with E-state index >= 15 is 0 Å². The van der Waals surface area contributed by atoms with Gasteiger partial charge in [0.25, 0.3) is 0 Å². The van der Waals surface area contributed by atoms with E-state index in [-0.39, 0.29) is 6.10 Å². The van der Waals surface area contributed by atoms with Crippen LogP contribution in [0.15, 0.2) is 30.3 Å². The molecule has 1 saturated heterocycles. The van der Waals surface area contributed by atoms with E-state index in [1.54, 1.807) is 0 Å². The Morgan fingerprint density at radius 1 is 1.35 bits per heavy atom. The predicted octanol–water partition coefficient (Wildman–Crippen LogP) is 2.84. The number of benzene rings is 1. The summed E-state index contributed by atoms with van der Waals surface area (Å²) < 4.78 is 0. The van der Waals surface area contributed by atoms with Crippen LogP contribution < -0.4 is 0 Å². The maximum Gasteiger partial charge on any atom is 0.0916 e. The molecule has 0 saturated carbocycles. The smallest absolute Gasteiger partial charge is 0.0916 e. The van der Waals surface area contributed by atoms with Gasteiger partial charge in [-0.3, -0.25) is 0 Å². The molecule has 17 heavy (non-hydrogen) atoms. The van der Waals surface area contributed by atoms with Gasteiger partial charge in [0, 0.05) is 13.1 Å². The first-order valence-corrected chi connectivity index (χ1v) is 6.75. The molecule has 2 rings (SSSR count). The number of nitrogens with zero attached hydrogens (tertiary/aromatic N) is 1. The minimum absolute atomic E-state index is 0.341. The summed E-state index contributed by atoms with van der Waals surface area (Å²) in [6.45, 7) is 5.34. The molecule has 2 unspecified atom stereocenters. The molecule has 94 valence electrons. The maximum absolute atomic E-state index is 10.2. The van der Waals surface area contributed by atoms with Crippen molar-refractivity contribution in [2.75, 3.05) is 19.6 Å². The van der Waals surface area contributed by atoms with E-state index in [0.29, 0.717) is 0 Å². The topological polar surface area (TPSA) is 23.5 Å². The highest BCUT2D eigenvalue weighted by Crippen LogP contribution is 2.22. The second-order valence-corrected chi connectivity index (χ2v) is 5.10. The van der Waals surface area contributed by atoms with Crippen molar-refractivity contribution in [1.29, 1.82) is 0 Å². The number of aliphatic hydroxyl groups is 1. The van der Waals surface area contributed by atoms with Crippen LogP contribution in [0.2, 0.25) is 0 Å². The lowest BCUT2D eigenvalue weighted by Crippen LogP contribution is -2.37. The van der Waals surface area contributed by atoms with Crippen molar-refractivity contribution in [3.63, 3.8) is 0 Å². The Kier molecular flexibility index (Phi) is 4.57. The molecule has 1 aromatic rings. The Morgan fingerprint density at radius 3 is 2.82 bits per heavy atom. The fourth-order valence-electron chi connectivity index (χ4n) is 2.68. The molecule has 0 aromatic heterocycles. The van der Waals surface area contributed by atoms with E-state index < -0.39 is 0 Å². The third-order valence-corrected chi connectivity index (χ3v) is 3.80. The van der Waals surface area contributed by atoms with Crippen molar-refractivity contribution in [2.45, 2.75) is 32.3 Å². The standard InChI is InChI=1S/C15H23NO/c1-2-13-7-6-10-16(11-13)12-15(17)14-8-4-3-5-9-14/h3-5,8-9,13,15,17H,2,6-7,10-12H2,1H3. The summed E-state index contributed by atoms with van der Waals surface area (Å²) in [4.78, 5) is 2.41. The molecule has 2 heteroatoms. The zero-order valence-corrected chi connectivity index (χ0v) is 10.7. The van der Waals surface area contributed by atoms with Crippen LogP contribution in [0, 0.1) is 5.92 Å². The number of likely N-dealkylation sites (tertiary alicyclic amines) is 1. The molecule has 0 spiro atoms. The summed E-state index contributed by atoms with van der Waals surface area (Å²) in [6, 6.07) is 9.98. The summed E-state index contributed by atoms with van der Waals surface area (Å²) in [5, 5.41) is 10.2. The van der Waals surface area contributed by atoms with Gasteiger partial charge >= 0.3 is 0 Å². The lowest BCUT2D eigenvalue weighted by Gasteiger charge is -2.33. The number of rotatable bonds is 4. The average Bonchev–Trinajstić information content (AvgIpc) is 2.40. The lowest BCUT2D eigenvalue weighted by molar-refractivity contribution is 0.0836. The van der Waals surface area contributed by atoms with Gasteiger partial charge in [0.1, 0.15) is 0 Å². The second-order valence-electron chi connectivity index (χ2n) is 5.10. The number of aliphatic hydroxyl groups excluding tert-OH is 1. The van der Waals surface area contributed by atoms with Gasteiger partial charge in [0.15, 0.2) is 0 Å². The summed E-state index contributed by atoms with van der Waals surface area (Å²) in [5.74, 6) is 0.826. The van der Waals surface area contributed by atoms with Crippen LogP contribution in [0.1, 0.15) is 37.9 Å². The van der Waals surface area contributed by atoms with Crippen molar-refractivity contribution >= 4 is 0 Å². The lowest BCUT2D eigenvalue weighted by atomic mass is 9.95. The molecule has 2 nitrogen and oxygen atoms in total. The van der Waals surface area contributed by atoms with E-state index in [0.717, 1.165) is 31.1 Å². The molecule has 1 aliphatic heterocycles. The van der Waals surface area contributed by atoms with Crippen molar-refractivity contribution in [2.24, 2.45) is 5.92 Å².